The highest BCUT2D eigenvalue weighted by Gasteiger charge is 2.19. The van der Waals surface area contributed by atoms with Crippen molar-refractivity contribution in [2.75, 3.05) is 21.3 Å². The fourth-order valence-corrected chi connectivity index (χ4v) is 2.48. The largest absolute Gasteiger partial charge is 0.497 e. The maximum absolute atomic E-state index is 12.7. The van der Waals surface area contributed by atoms with E-state index in [-0.39, 0.29) is 11.2 Å². The molecule has 0 fully saturated rings. The summed E-state index contributed by atoms with van der Waals surface area (Å²) in [7, 11) is 4.55. The molecule has 2 aromatic carbocycles. The summed E-state index contributed by atoms with van der Waals surface area (Å²) in [4.78, 5) is 12.7. The topological polar surface area (TPSA) is 57.9 Å². The molecule has 5 nitrogen and oxygen atoms in total. The van der Waals surface area contributed by atoms with Crippen molar-refractivity contribution in [1.29, 1.82) is 0 Å². The average Bonchev–Trinajstić information content (AvgIpc) is 2.61. The van der Waals surface area contributed by atoms with Gasteiger partial charge in [-0.1, -0.05) is 12.1 Å². The molecule has 0 amide bonds. The van der Waals surface area contributed by atoms with Crippen molar-refractivity contribution < 1.29 is 18.6 Å². The smallest absolute Gasteiger partial charge is 0.235 e. The third-order valence-corrected chi connectivity index (χ3v) is 3.61. The number of ether oxygens (including phenoxy) is 3. The van der Waals surface area contributed by atoms with E-state index in [1.165, 1.54) is 7.11 Å². The molecule has 1 heterocycles. The summed E-state index contributed by atoms with van der Waals surface area (Å²) in [5.74, 6) is 1.65. The molecule has 0 unspecified atom stereocenters. The molecule has 0 spiro atoms. The molecule has 3 aromatic rings. The first kappa shape index (κ1) is 15.0. The Morgan fingerprint density at radius 2 is 1.70 bits per heavy atom. The van der Waals surface area contributed by atoms with E-state index in [1.54, 1.807) is 38.5 Å². The van der Waals surface area contributed by atoms with E-state index in [9.17, 15) is 4.79 Å². The molecule has 0 radical (unpaired) electrons. The molecule has 118 valence electrons. The summed E-state index contributed by atoms with van der Waals surface area (Å²) in [5, 5.41) is 0.403. The van der Waals surface area contributed by atoms with Crippen LogP contribution in [0.5, 0.6) is 17.2 Å². The van der Waals surface area contributed by atoms with E-state index in [0.717, 1.165) is 0 Å². The van der Waals surface area contributed by atoms with Crippen molar-refractivity contribution in [3.05, 3.63) is 52.7 Å². The zero-order chi connectivity index (χ0) is 16.4. The number of rotatable bonds is 4. The summed E-state index contributed by atoms with van der Waals surface area (Å²) in [6, 6.07) is 12.4. The molecular weight excluding hydrogens is 296 g/mol. The van der Waals surface area contributed by atoms with Gasteiger partial charge in [0.05, 0.1) is 32.3 Å². The van der Waals surface area contributed by atoms with Gasteiger partial charge in [-0.25, -0.2) is 0 Å². The van der Waals surface area contributed by atoms with Crippen molar-refractivity contribution in [2.45, 2.75) is 0 Å². The molecule has 5 heteroatoms. The Labute approximate surface area is 133 Å². The summed E-state index contributed by atoms with van der Waals surface area (Å²) < 4.78 is 21.8. The predicted octanol–water partition coefficient (Wildman–Crippen LogP) is 3.49. The first-order valence-corrected chi connectivity index (χ1v) is 7.01. The van der Waals surface area contributed by atoms with Gasteiger partial charge in [-0.2, -0.15) is 0 Å². The van der Waals surface area contributed by atoms with Gasteiger partial charge in [0, 0.05) is 0 Å². The average molecular weight is 312 g/mol. The molecule has 0 aliphatic carbocycles. The summed E-state index contributed by atoms with van der Waals surface area (Å²) in [5.41, 5.74) is 0.854. The van der Waals surface area contributed by atoms with Crippen LogP contribution in [0, 0.1) is 0 Å². The molecule has 23 heavy (non-hydrogen) atoms. The second-order valence-corrected chi connectivity index (χ2v) is 4.86. The molecule has 0 aliphatic heterocycles. The summed E-state index contributed by atoms with van der Waals surface area (Å²) >= 11 is 0. The highest BCUT2D eigenvalue weighted by Crippen LogP contribution is 2.36. The lowest BCUT2D eigenvalue weighted by atomic mass is 10.1. The highest BCUT2D eigenvalue weighted by molar-refractivity contribution is 5.84. The summed E-state index contributed by atoms with van der Waals surface area (Å²) in [6.07, 6.45) is 0. The molecular formula is C18H16O5. The Kier molecular flexibility index (Phi) is 3.93. The standard InChI is InChI=1S/C18H16O5/c1-20-11-8-9-15-13(10-11)16(19)18(22-3)17(23-15)12-6-4-5-7-14(12)21-2/h4-10H,1-3H3. The molecule has 1 aromatic heterocycles. The number of hydrogen-bond acceptors (Lipinski definition) is 5. The first-order valence-electron chi connectivity index (χ1n) is 7.01. The van der Waals surface area contributed by atoms with Crippen LogP contribution in [-0.2, 0) is 0 Å². The monoisotopic (exact) mass is 312 g/mol. The second-order valence-electron chi connectivity index (χ2n) is 4.86. The highest BCUT2D eigenvalue weighted by atomic mass is 16.5. The third-order valence-electron chi connectivity index (χ3n) is 3.61. The van der Waals surface area contributed by atoms with Gasteiger partial charge in [-0.3, -0.25) is 4.79 Å². The van der Waals surface area contributed by atoms with Crippen LogP contribution in [0.15, 0.2) is 51.7 Å². The molecule has 0 aliphatic rings. The normalized spacial score (nSPS) is 10.6. The van der Waals surface area contributed by atoms with Crippen LogP contribution in [0.1, 0.15) is 0 Å². The number of fused-ring (bicyclic) bond motifs is 1. The number of para-hydroxylation sites is 1. The molecule has 0 saturated heterocycles. The zero-order valence-electron chi connectivity index (χ0n) is 13.1. The van der Waals surface area contributed by atoms with Crippen molar-refractivity contribution in [3.8, 4) is 28.6 Å². The Morgan fingerprint density at radius 3 is 2.39 bits per heavy atom. The number of benzene rings is 2. The minimum atomic E-state index is -0.256. The number of hydrogen-bond donors (Lipinski definition) is 0. The molecule has 3 rings (SSSR count). The van der Waals surface area contributed by atoms with Crippen LogP contribution in [0.3, 0.4) is 0 Å². The lowest BCUT2D eigenvalue weighted by Gasteiger charge is -2.12. The van der Waals surface area contributed by atoms with E-state index in [1.807, 2.05) is 18.2 Å². The van der Waals surface area contributed by atoms with E-state index in [2.05, 4.69) is 0 Å². The Balaban J connectivity index is 2.35. The van der Waals surface area contributed by atoms with Crippen LogP contribution >= 0.6 is 0 Å². The van der Waals surface area contributed by atoms with Gasteiger partial charge in [0.2, 0.25) is 11.2 Å². The molecule has 0 N–H and O–H groups in total. The second kappa shape index (κ2) is 6.04. The maximum atomic E-state index is 12.7. The maximum Gasteiger partial charge on any atom is 0.235 e. The van der Waals surface area contributed by atoms with Gasteiger partial charge in [-0.05, 0) is 30.3 Å². The van der Waals surface area contributed by atoms with Gasteiger partial charge in [0.1, 0.15) is 17.1 Å². The van der Waals surface area contributed by atoms with Crippen molar-refractivity contribution in [3.63, 3.8) is 0 Å². The van der Waals surface area contributed by atoms with Crippen molar-refractivity contribution in [1.82, 2.24) is 0 Å². The first-order chi connectivity index (χ1) is 11.2. The van der Waals surface area contributed by atoms with Gasteiger partial charge < -0.3 is 18.6 Å². The minimum absolute atomic E-state index is 0.134. The SMILES string of the molecule is COc1ccc2oc(-c3ccccc3OC)c(OC)c(=O)c2c1. The predicted molar refractivity (Wildman–Crippen MR) is 87.6 cm³/mol. The molecule has 0 saturated carbocycles. The fourth-order valence-electron chi connectivity index (χ4n) is 2.48. The van der Waals surface area contributed by atoms with E-state index in [4.69, 9.17) is 18.6 Å². The van der Waals surface area contributed by atoms with E-state index in [0.29, 0.717) is 33.8 Å². The van der Waals surface area contributed by atoms with E-state index >= 15 is 0 Å². The number of methoxy groups -OCH3 is 3. The van der Waals surface area contributed by atoms with Crippen LogP contribution in [0.4, 0.5) is 0 Å². The van der Waals surface area contributed by atoms with Gasteiger partial charge in [0.25, 0.3) is 0 Å². The Bertz CT molecular complexity index is 911. The van der Waals surface area contributed by atoms with Crippen LogP contribution in [-0.4, -0.2) is 21.3 Å². The summed E-state index contributed by atoms with van der Waals surface area (Å²) in [6.45, 7) is 0. The van der Waals surface area contributed by atoms with Gasteiger partial charge in [-0.15, -0.1) is 0 Å². The van der Waals surface area contributed by atoms with Crippen LogP contribution in [0.2, 0.25) is 0 Å². The lowest BCUT2D eigenvalue weighted by molar-refractivity contribution is 0.393. The van der Waals surface area contributed by atoms with Crippen LogP contribution < -0.4 is 19.6 Å². The van der Waals surface area contributed by atoms with E-state index < -0.39 is 0 Å². The van der Waals surface area contributed by atoms with Gasteiger partial charge in [0.15, 0.2) is 5.76 Å². The fraction of sp³-hybridized carbons (Fsp3) is 0.167. The molecule has 0 atom stereocenters. The Morgan fingerprint density at radius 1 is 0.913 bits per heavy atom. The minimum Gasteiger partial charge on any atom is -0.497 e. The molecule has 0 bridgehead atoms. The van der Waals surface area contributed by atoms with Gasteiger partial charge >= 0.3 is 0 Å². The zero-order valence-corrected chi connectivity index (χ0v) is 13.1. The van der Waals surface area contributed by atoms with Crippen molar-refractivity contribution >= 4 is 11.0 Å². The Hall–Kier alpha value is -2.95. The lowest BCUT2D eigenvalue weighted by Crippen LogP contribution is -2.08. The quantitative estimate of drug-likeness (QED) is 0.738. The van der Waals surface area contributed by atoms with Crippen LogP contribution in [0.25, 0.3) is 22.3 Å². The third kappa shape index (κ3) is 2.50. The van der Waals surface area contributed by atoms with Crippen molar-refractivity contribution in [2.24, 2.45) is 0 Å².